The molecular formula is C12H14BrN3O2. The number of hydrogen-bond donors (Lipinski definition) is 2. The summed E-state index contributed by atoms with van der Waals surface area (Å²) in [4.78, 5) is 16.2. The number of rotatable bonds is 2. The maximum Gasteiger partial charge on any atom is 0.267 e. The van der Waals surface area contributed by atoms with Gasteiger partial charge in [0.1, 0.15) is 0 Å². The second kappa shape index (κ2) is 4.20. The molecule has 6 heteroatoms. The van der Waals surface area contributed by atoms with Crippen molar-refractivity contribution < 1.29 is 9.53 Å². The summed E-state index contributed by atoms with van der Waals surface area (Å²) in [7, 11) is 0. The molecule has 0 radical (unpaired) electrons. The Balaban J connectivity index is 1.93. The molecule has 5 nitrogen and oxygen atoms in total. The molecule has 1 aromatic rings. The monoisotopic (exact) mass is 311 g/mol. The molecule has 2 heterocycles. The highest BCUT2D eigenvalue weighted by Crippen LogP contribution is 2.46. The zero-order valence-electron chi connectivity index (χ0n) is 9.78. The van der Waals surface area contributed by atoms with Gasteiger partial charge in [-0.2, -0.15) is 0 Å². The third kappa shape index (κ3) is 1.71. The minimum atomic E-state index is -0.500. The molecule has 0 saturated heterocycles. The molecule has 1 fully saturated rings. The number of aromatic nitrogens is 1. The molecule has 0 spiro atoms. The number of nitrogens with one attached hydrogen (secondary N) is 1. The molecule has 18 heavy (non-hydrogen) atoms. The van der Waals surface area contributed by atoms with Crippen LogP contribution in [0.25, 0.3) is 0 Å². The largest absolute Gasteiger partial charge is 0.476 e. The number of nitrogens with two attached hydrogens (primary N) is 1. The first-order chi connectivity index (χ1) is 8.64. The lowest BCUT2D eigenvalue weighted by molar-refractivity contribution is -0.133. The molecule has 1 amide bonds. The van der Waals surface area contributed by atoms with Crippen LogP contribution in [0.3, 0.4) is 0 Å². The van der Waals surface area contributed by atoms with Crippen LogP contribution in [-0.2, 0) is 4.79 Å². The SMILES string of the molecule is NCC1(C2Oc3cc(Br)cnc3NC2=O)CCC1. The number of carbonyl (C=O) groups is 1. The normalized spacial score (nSPS) is 24.6. The van der Waals surface area contributed by atoms with E-state index in [0.717, 1.165) is 23.7 Å². The van der Waals surface area contributed by atoms with Gasteiger partial charge in [0.2, 0.25) is 0 Å². The summed E-state index contributed by atoms with van der Waals surface area (Å²) in [6, 6.07) is 1.82. The smallest absolute Gasteiger partial charge is 0.267 e. The van der Waals surface area contributed by atoms with Gasteiger partial charge in [0, 0.05) is 22.6 Å². The maximum atomic E-state index is 12.1. The molecule has 3 rings (SSSR count). The summed E-state index contributed by atoms with van der Waals surface area (Å²) >= 11 is 3.34. The van der Waals surface area contributed by atoms with Crippen LogP contribution >= 0.6 is 15.9 Å². The first-order valence-corrected chi connectivity index (χ1v) is 6.77. The summed E-state index contributed by atoms with van der Waals surface area (Å²) in [6.45, 7) is 0.474. The van der Waals surface area contributed by atoms with E-state index in [2.05, 4.69) is 26.2 Å². The van der Waals surface area contributed by atoms with Gasteiger partial charge in [-0.1, -0.05) is 6.42 Å². The number of nitrogens with zero attached hydrogens (tertiary/aromatic N) is 1. The van der Waals surface area contributed by atoms with E-state index in [4.69, 9.17) is 10.5 Å². The first-order valence-electron chi connectivity index (χ1n) is 5.98. The molecule has 3 N–H and O–H groups in total. The highest BCUT2D eigenvalue weighted by atomic mass is 79.9. The van der Waals surface area contributed by atoms with Crippen molar-refractivity contribution in [2.75, 3.05) is 11.9 Å². The van der Waals surface area contributed by atoms with E-state index in [0.29, 0.717) is 18.1 Å². The third-order valence-electron chi connectivity index (χ3n) is 3.86. The van der Waals surface area contributed by atoms with E-state index >= 15 is 0 Å². The van der Waals surface area contributed by atoms with Gasteiger partial charge in [0.25, 0.3) is 5.91 Å². The number of pyridine rings is 1. The number of amides is 1. The van der Waals surface area contributed by atoms with Crippen LogP contribution in [0.2, 0.25) is 0 Å². The maximum absolute atomic E-state index is 12.1. The number of ether oxygens (including phenoxy) is 1. The Bertz CT molecular complexity index is 497. The third-order valence-corrected chi connectivity index (χ3v) is 4.29. The van der Waals surface area contributed by atoms with Gasteiger partial charge in [0.15, 0.2) is 17.7 Å². The molecule has 1 unspecified atom stereocenters. The second-order valence-electron chi connectivity index (χ2n) is 4.91. The van der Waals surface area contributed by atoms with Crippen LogP contribution in [0.1, 0.15) is 19.3 Å². The first kappa shape index (κ1) is 11.9. The standard InChI is InChI=1S/C12H14BrN3O2/c13-7-4-8-10(15-5-7)16-11(17)9(18-8)12(6-14)2-1-3-12/h4-5,9H,1-3,6,14H2,(H,15,16,17). The molecule has 0 bridgehead atoms. The lowest BCUT2D eigenvalue weighted by Gasteiger charge is -2.46. The van der Waals surface area contributed by atoms with E-state index in [1.807, 2.05) is 6.07 Å². The van der Waals surface area contributed by atoms with Crippen molar-refractivity contribution in [3.8, 4) is 5.75 Å². The number of carbonyl (C=O) groups excluding carboxylic acids is 1. The van der Waals surface area contributed by atoms with Crippen molar-refractivity contribution in [1.29, 1.82) is 0 Å². The van der Waals surface area contributed by atoms with E-state index in [-0.39, 0.29) is 11.3 Å². The molecule has 1 aromatic heterocycles. The Morgan fingerprint density at radius 1 is 1.61 bits per heavy atom. The van der Waals surface area contributed by atoms with Crippen molar-refractivity contribution in [2.45, 2.75) is 25.4 Å². The van der Waals surface area contributed by atoms with Crippen LogP contribution in [-0.4, -0.2) is 23.5 Å². The van der Waals surface area contributed by atoms with Gasteiger partial charge in [-0.25, -0.2) is 4.98 Å². The Morgan fingerprint density at radius 2 is 2.39 bits per heavy atom. The molecule has 1 aliphatic heterocycles. The van der Waals surface area contributed by atoms with Crippen LogP contribution in [0, 0.1) is 5.41 Å². The Hall–Kier alpha value is -1.14. The van der Waals surface area contributed by atoms with Crippen molar-refractivity contribution in [3.63, 3.8) is 0 Å². The molecule has 1 aliphatic carbocycles. The Morgan fingerprint density at radius 3 is 3.00 bits per heavy atom. The van der Waals surface area contributed by atoms with E-state index in [1.54, 1.807) is 6.20 Å². The fourth-order valence-corrected chi connectivity index (χ4v) is 2.88. The van der Waals surface area contributed by atoms with Gasteiger partial charge in [-0.05, 0) is 34.8 Å². The van der Waals surface area contributed by atoms with Gasteiger partial charge < -0.3 is 15.8 Å². The molecule has 2 aliphatic rings. The van der Waals surface area contributed by atoms with Crippen molar-refractivity contribution in [3.05, 3.63) is 16.7 Å². The van der Waals surface area contributed by atoms with E-state index < -0.39 is 6.10 Å². The highest BCUT2D eigenvalue weighted by Gasteiger charge is 2.50. The summed E-state index contributed by atoms with van der Waals surface area (Å²) in [6.07, 6.45) is 4.12. The summed E-state index contributed by atoms with van der Waals surface area (Å²) in [5.41, 5.74) is 5.62. The molecule has 1 atom stereocenters. The fraction of sp³-hybridized carbons (Fsp3) is 0.500. The molecule has 0 aromatic carbocycles. The molecule has 1 saturated carbocycles. The van der Waals surface area contributed by atoms with Crippen molar-refractivity contribution in [2.24, 2.45) is 11.1 Å². The number of fused-ring (bicyclic) bond motifs is 1. The highest BCUT2D eigenvalue weighted by molar-refractivity contribution is 9.10. The van der Waals surface area contributed by atoms with Gasteiger partial charge in [-0.15, -0.1) is 0 Å². The van der Waals surface area contributed by atoms with E-state index in [9.17, 15) is 4.79 Å². The number of hydrogen-bond acceptors (Lipinski definition) is 4. The Kier molecular flexibility index (Phi) is 2.79. The quantitative estimate of drug-likeness (QED) is 0.871. The average molecular weight is 312 g/mol. The molecular weight excluding hydrogens is 298 g/mol. The van der Waals surface area contributed by atoms with Crippen LogP contribution in [0.15, 0.2) is 16.7 Å². The summed E-state index contributed by atoms with van der Waals surface area (Å²) < 4.78 is 6.66. The Labute approximate surface area is 113 Å². The van der Waals surface area contributed by atoms with Crippen LogP contribution < -0.4 is 15.8 Å². The summed E-state index contributed by atoms with van der Waals surface area (Å²) in [5, 5.41) is 2.79. The van der Waals surface area contributed by atoms with Gasteiger partial charge in [-0.3, -0.25) is 4.79 Å². The zero-order valence-corrected chi connectivity index (χ0v) is 11.4. The van der Waals surface area contributed by atoms with Crippen LogP contribution in [0.5, 0.6) is 5.75 Å². The number of anilines is 1. The second-order valence-corrected chi connectivity index (χ2v) is 5.82. The fourth-order valence-electron chi connectivity index (χ4n) is 2.57. The minimum absolute atomic E-state index is 0.137. The summed E-state index contributed by atoms with van der Waals surface area (Å²) in [5.74, 6) is 0.946. The minimum Gasteiger partial charge on any atom is -0.476 e. The predicted molar refractivity (Wildman–Crippen MR) is 70.3 cm³/mol. The topological polar surface area (TPSA) is 77.2 Å². The zero-order chi connectivity index (χ0) is 12.8. The molecule has 96 valence electrons. The lowest BCUT2D eigenvalue weighted by atomic mass is 9.64. The van der Waals surface area contributed by atoms with Crippen molar-refractivity contribution in [1.82, 2.24) is 4.98 Å². The van der Waals surface area contributed by atoms with Gasteiger partial charge in [0.05, 0.1) is 0 Å². The lowest BCUT2D eigenvalue weighted by Crippen LogP contribution is -2.56. The van der Waals surface area contributed by atoms with Gasteiger partial charge >= 0.3 is 0 Å². The predicted octanol–water partition coefficient (Wildman–Crippen LogP) is 1.67. The average Bonchev–Trinajstić information content (AvgIpc) is 2.29. The number of halogens is 1. The van der Waals surface area contributed by atoms with E-state index in [1.165, 1.54) is 0 Å². The van der Waals surface area contributed by atoms with Crippen molar-refractivity contribution >= 4 is 27.7 Å². The van der Waals surface area contributed by atoms with Crippen LogP contribution in [0.4, 0.5) is 5.82 Å².